The van der Waals surface area contributed by atoms with Gasteiger partial charge in [0, 0.05) is 19.0 Å². The van der Waals surface area contributed by atoms with Crippen LogP contribution in [0, 0.1) is 6.92 Å². The van der Waals surface area contributed by atoms with E-state index in [9.17, 15) is 0 Å². The number of benzene rings is 1. The summed E-state index contributed by atoms with van der Waals surface area (Å²) in [6.45, 7) is 3.90. The maximum atomic E-state index is 5.92. The molecule has 0 spiro atoms. The van der Waals surface area contributed by atoms with E-state index in [1.165, 1.54) is 5.56 Å². The van der Waals surface area contributed by atoms with Crippen LogP contribution in [0.4, 0.5) is 0 Å². The first-order valence-electron chi connectivity index (χ1n) is 6.26. The fourth-order valence-electron chi connectivity index (χ4n) is 2.26. The van der Waals surface area contributed by atoms with Gasteiger partial charge in [-0.3, -0.25) is 0 Å². The van der Waals surface area contributed by atoms with E-state index in [2.05, 4.69) is 36.1 Å². The molecule has 1 aromatic carbocycles. The van der Waals surface area contributed by atoms with Crippen LogP contribution >= 0.6 is 0 Å². The van der Waals surface area contributed by atoms with Crippen molar-refractivity contribution < 1.29 is 4.42 Å². The third-order valence-electron chi connectivity index (χ3n) is 3.12. The second-order valence-electron chi connectivity index (χ2n) is 5.15. The van der Waals surface area contributed by atoms with E-state index in [1.807, 2.05) is 19.9 Å². The lowest BCUT2D eigenvalue weighted by molar-refractivity contribution is 0.272. The third-order valence-corrected chi connectivity index (χ3v) is 3.12. The van der Waals surface area contributed by atoms with Gasteiger partial charge in [-0.15, -0.1) is 0 Å². The first-order valence-corrected chi connectivity index (χ1v) is 6.26. The number of nitrogens with two attached hydrogens (primary N) is 1. The van der Waals surface area contributed by atoms with Crippen LogP contribution in [-0.4, -0.2) is 30.0 Å². The Kier molecular flexibility index (Phi) is 3.68. The van der Waals surface area contributed by atoms with Gasteiger partial charge in [-0.1, -0.05) is 6.07 Å². The van der Waals surface area contributed by atoms with E-state index >= 15 is 0 Å². The molecule has 2 aromatic rings. The van der Waals surface area contributed by atoms with Gasteiger partial charge in [0.15, 0.2) is 11.5 Å². The topological polar surface area (TPSA) is 55.3 Å². The van der Waals surface area contributed by atoms with Crippen molar-refractivity contribution in [1.82, 2.24) is 9.88 Å². The first kappa shape index (κ1) is 13.1. The predicted molar refractivity (Wildman–Crippen MR) is 73.4 cm³/mol. The van der Waals surface area contributed by atoms with Gasteiger partial charge >= 0.3 is 0 Å². The first-order chi connectivity index (χ1) is 8.47. The molecule has 0 aliphatic rings. The Morgan fingerprint density at radius 2 is 2.11 bits per heavy atom. The Balaban J connectivity index is 2.37. The summed E-state index contributed by atoms with van der Waals surface area (Å²) >= 11 is 0. The van der Waals surface area contributed by atoms with Crippen LogP contribution in [-0.2, 0) is 0 Å². The van der Waals surface area contributed by atoms with Gasteiger partial charge in [0.2, 0.25) is 0 Å². The second-order valence-corrected chi connectivity index (χ2v) is 5.15. The maximum absolute atomic E-state index is 5.92. The Morgan fingerprint density at radius 3 is 2.72 bits per heavy atom. The van der Waals surface area contributed by atoms with Gasteiger partial charge in [0.1, 0.15) is 5.52 Å². The molecule has 0 saturated carbocycles. The number of aromatic nitrogens is 1. The van der Waals surface area contributed by atoms with E-state index in [1.54, 1.807) is 0 Å². The van der Waals surface area contributed by atoms with Crippen molar-refractivity contribution in [3.8, 4) is 0 Å². The minimum Gasteiger partial charge on any atom is -0.441 e. The Bertz CT molecular complexity index is 531. The highest BCUT2D eigenvalue weighted by Crippen LogP contribution is 2.26. The Morgan fingerprint density at radius 1 is 1.39 bits per heavy atom. The standard InChI is InChI=1S/C14H21N3O/c1-9(15)7-13(17(3)4)11-5-6-12-14(8-11)18-10(2)16-12/h5-6,8-9,13H,7,15H2,1-4H3. The average Bonchev–Trinajstić information content (AvgIpc) is 2.64. The van der Waals surface area contributed by atoms with Gasteiger partial charge in [-0.25, -0.2) is 4.98 Å². The predicted octanol–water partition coefficient (Wildman–Crippen LogP) is 2.48. The van der Waals surface area contributed by atoms with Gasteiger partial charge < -0.3 is 15.1 Å². The van der Waals surface area contributed by atoms with Crippen LogP contribution in [0.5, 0.6) is 0 Å². The highest BCUT2D eigenvalue weighted by atomic mass is 16.3. The zero-order valence-electron chi connectivity index (χ0n) is 11.5. The molecule has 0 aliphatic carbocycles. The van der Waals surface area contributed by atoms with Crippen LogP contribution in [0.15, 0.2) is 22.6 Å². The van der Waals surface area contributed by atoms with Crippen molar-refractivity contribution in [2.75, 3.05) is 14.1 Å². The van der Waals surface area contributed by atoms with Crippen LogP contribution < -0.4 is 5.73 Å². The number of fused-ring (bicyclic) bond motifs is 1. The monoisotopic (exact) mass is 247 g/mol. The second kappa shape index (κ2) is 5.08. The van der Waals surface area contributed by atoms with Crippen LogP contribution in [0.25, 0.3) is 11.1 Å². The molecule has 2 atom stereocenters. The summed E-state index contributed by atoms with van der Waals surface area (Å²) in [7, 11) is 4.14. The SMILES string of the molecule is Cc1nc2ccc(C(CC(C)N)N(C)C)cc2o1. The van der Waals surface area contributed by atoms with Crippen LogP contribution in [0.3, 0.4) is 0 Å². The van der Waals surface area contributed by atoms with Crippen molar-refractivity contribution >= 4 is 11.1 Å². The summed E-state index contributed by atoms with van der Waals surface area (Å²) in [5.41, 5.74) is 8.91. The Hall–Kier alpha value is -1.39. The zero-order chi connectivity index (χ0) is 13.3. The van der Waals surface area contributed by atoms with Crippen molar-refractivity contribution in [2.45, 2.75) is 32.4 Å². The molecule has 0 amide bonds. The number of hydrogen-bond donors (Lipinski definition) is 1. The van der Waals surface area contributed by atoms with Crippen LogP contribution in [0.1, 0.15) is 30.8 Å². The van der Waals surface area contributed by atoms with Gasteiger partial charge in [0.05, 0.1) is 0 Å². The molecule has 0 saturated heterocycles. The van der Waals surface area contributed by atoms with Gasteiger partial charge in [-0.2, -0.15) is 0 Å². The lowest BCUT2D eigenvalue weighted by atomic mass is 9.99. The molecule has 0 bridgehead atoms. The minimum atomic E-state index is 0.171. The molecule has 0 fully saturated rings. The largest absolute Gasteiger partial charge is 0.441 e. The third kappa shape index (κ3) is 2.71. The molecular formula is C14H21N3O. The summed E-state index contributed by atoms with van der Waals surface area (Å²) in [6.07, 6.45) is 0.922. The van der Waals surface area contributed by atoms with Crippen molar-refractivity contribution in [1.29, 1.82) is 0 Å². The summed E-state index contributed by atoms with van der Waals surface area (Å²) in [6, 6.07) is 6.67. The molecule has 2 unspecified atom stereocenters. The summed E-state index contributed by atoms with van der Waals surface area (Å²) in [4.78, 5) is 6.50. The summed E-state index contributed by atoms with van der Waals surface area (Å²) in [5, 5.41) is 0. The summed E-state index contributed by atoms with van der Waals surface area (Å²) < 4.78 is 5.58. The fourth-order valence-corrected chi connectivity index (χ4v) is 2.26. The molecule has 2 N–H and O–H groups in total. The van der Waals surface area contributed by atoms with E-state index in [0.29, 0.717) is 11.9 Å². The average molecular weight is 247 g/mol. The molecular weight excluding hydrogens is 226 g/mol. The van der Waals surface area contributed by atoms with Crippen molar-refractivity contribution in [3.63, 3.8) is 0 Å². The number of oxazole rings is 1. The Labute approximate surface area is 108 Å². The number of aryl methyl sites for hydroxylation is 1. The molecule has 0 aliphatic heterocycles. The van der Waals surface area contributed by atoms with Gasteiger partial charge in [0.25, 0.3) is 0 Å². The normalized spacial score (nSPS) is 15.2. The lowest BCUT2D eigenvalue weighted by Gasteiger charge is -2.26. The number of nitrogens with zero attached hydrogens (tertiary/aromatic N) is 2. The molecule has 0 radical (unpaired) electrons. The van der Waals surface area contributed by atoms with E-state index in [4.69, 9.17) is 10.2 Å². The molecule has 4 nitrogen and oxygen atoms in total. The molecule has 4 heteroatoms. The van der Waals surface area contributed by atoms with Crippen molar-refractivity contribution in [2.24, 2.45) is 5.73 Å². The molecule has 1 heterocycles. The van der Waals surface area contributed by atoms with E-state index in [0.717, 1.165) is 17.5 Å². The van der Waals surface area contributed by atoms with Gasteiger partial charge in [-0.05, 0) is 45.1 Å². The lowest BCUT2D eigenvalue weighted by Crippen LogP contribution is -2.27. The number of rotatable bonds is 4. The fraction of sp³-hybridized carbons (Fsp3) is 0.500. The molecule has 1 aromatic heterocycles. The quantitative estimate of drug-likeness (QED) is 0.901. The van der Waals surface area contributed by atoms with E-state index < -0.39 is 0 Å². The smallest absolute Gasteiger partial charge is 0.192 e. The minimum absolute atomic E-state index is 0.171. The molecule has 2 rings (SSSR count). The maximum Gasteiger partial charge on any atom is 0.192 e. The molecule has 18 heavy (non-hydrogen) atoms. The highest BCUT2D eigenvalue weighted by Gasteiger charge is 2.17. The zero-order valence-corrected chi connectivity index (χ0v) is 11.5. The summed E-state index contributed by atoms with van der Waals surface area (Å²) in [5.74, 6) is 0.704. The van der Waals surface area contributed by atoms with Crippen LogP contribution in [0.2, 0.25) is 0 Å². The highest BCUT2D eigenvalue weighted by molar-refractivity contribution is 5.73. The van der Waals surface area contributed by atoms with Crippen molar-refractivity contribution in [3.05, 3.63) is 29.7 Å². The number of hydrogen-bond acceptors (Lipinski definition) is 4. The molecule has 98 valence electrons. The van der Waals surface area contributed by atoms with E-state index in [-0.39, 0.29) is 6.04 Å².